The van der Waals surface area contributed by atoms with Gasteiger partial charge in [0.05, 0.1) is 17.1 Å². The predicted octanol–water partition coefficient (Wildman–Crippen LogP) is 3.16. The third-order valence-corrected chi connectivity index (χ3v) is 3.58. The van der Waals surface area contributed by atoms with Crippen LogP contribution in [0.3, 0.4) is 0 Å². The standard InChI is InChI=1S/C12H8ClFN4OS/c13-9-3-6(14)1-2-8(9)11-17-10(19-18-11)4-7-5-20-12(15)16-7/h1-3,5H,4H2,(H2,15,16). The Morgan fingerprint density at radius 3 is 2.90 bits per heavy atom. The summed E-state index contributed by atoms with van der Waals surface area (Å²) in [6.45, 7) is 0. The summed E-state index contributed by atoms with van der Waals surface area (Å²) in [5.41, 5.74) is 6.82. The maximum absolute atomic E-state index is 13.0. The van der Waals surface area contributed by atoms with E-state index in [4.69, 9.17) is 21.9 Å². The summed E-state index contributed by atoms with van der Waals surface area (Å²) in [6.07, 6.45) is 0.388. The van der Waals surface area contributed by atoms with E-state index in [2.05, 4.69) is 15.1 Å². The second-order valence-corrected chi connectivity index (χ2v) is 5.29. The van der Waals surface area contributed by atoms with Crippen molar-refractivity contribution in [2.75, 3.05) is 5.73 Å². The summed E-state index contributed by atoms with van der Waals surface area (Å²) in [7, 11) is 0. The molecule has 0 saturated carbocycles. The van der Waals surface area contributed by atoms with Crippen LogP contribution in [0.25, 0.3) is 11.4 Å². The highest BCUT2D eigenvalue weighted by molar-refractivity contribution is 7.13. The number of benzene rings is 1. The van der Waals surface area contributed by atoms with Gasteiger partial charge in [0.1, 0.15) is 5.82 Å². The van der Waals surface area contributed by atoms with Crippen LogP contribution in [0.15, 0.2) is 28.1 Å². The number of nitrogen functional groups attached to an aromatic ring is 1. The van der Waals surface area contributed by atoms with Crippen molar-refractivity contribution in [3.63, 3.8) is 0 Å². The number of rotatable bonds is 3. The molecule has 0 saturated heterocycles. The molecule has 2 heterocycles. The monoisotopic (exact) mass is 310 g/mol. The van der Waals surface area contributed by atoms with Crippen LogP contribution in [-0.4, -0.2) is 15.1 Å². The molecule has 3 rings (SSSR count). The van der Waals surface area contributed by atoms with Gasteiger partial charge in [-0.1, -0.05) is 16.8 Å². The second kappa shape index (κ2) is 5.18. The van der Waals surface area contributed by atoms with Gasteiger partial charge in [0, 0.05) is 10.9 Å². The highest BCUT2D eigenvalue weighted by Gasteiger charge is 2.13. The minimum atomic E-state index is -0.416. The van der Waals surface area contributed by atoms with E-state index >= 15 is 0 Å². The average molecular weight is 311 g/mol. The molecule has 3 aromatic rings. The van der Waals surface area contributed by atoms with Crippen molar-refractivity contribution in [3.05, 3.63) is 46.0 Å². The molecule has 0 fully saturated rings. The van der Waals surface area contributed by atoms with E-state index in [0.717, 1.165) is 5.69 Å². The van der Waals surface area contributed by atoms with E-state index in [1.807, 2.05) is 5.38 Å². The fourth-order valence-corrected chi connectivity index (χ4v) is 2.48. The molecule has 0 atom stereocenters. The smallest absolute Gasteiger partial charge is 0.233 e. The minimum absolute atomic E-state index is 0.232. The number of thiazole rings is 1. The van der Waals surface area contributed by atoms with Crippen LogP contribution >= 0.6 is 22.9 Å². The first-order valence-electron chi connectivity index (χ1n) is 5.60. The maximum Gasteiger partial charge on any atom is 0.233 e. The van der Waals surface area contributed by atoms with Gasteiger partial charge in [-0.3, -0.25) is 0 Å². The molecule has 0 aliphatic heterocycles. The van der Waals surface area contributed by atoms with Crippen LogP contribution < -0.4 is 5.73 Å². The number of aromatic nitrogens is 3. The van der Waals surface area contributed by atoms with Crippen LogP contribution in [0.1, 0.15) is 11.6 Å². The summed E-state index contributed by atoms with van der Waals surface area (Å²) in [4.78, 5) is 8.32. The lowest BCUT2D eigenvalue weighted by Gasteiger charge is -1.97. The van der Waals surface area contributed by atoms with Crippen molar-refractivity contribution >= 4 is 28.1 Å². The summed E-state index contributed by atoms with van der Waals surface area (Å²) >= 11 is 7.29. The van der Waals surface area contributed by atoms with Crippen molar-refractivity contribution in [3.8, 4) is 11.4 Å². The van der Waals surface area contributed by atoms with E-state index < -0.39 is 5.82 Å². The Morgan fingerprint density at radius 2 is 2.20 bits per heavy atom. The normalized spacial score (nSPS) is 10.9. The fourth-order valence-electron chi connectivity index (χ4n) is 1.67. The summed E-state index contributed by atoms with van der Waals surface area (Å²) < 4.78 is 18.1. The fraction of sp³-hybridized carbons (Fsp3) is 0.0833. The zero-order chi connectivity index (χ0) is 14.1. The third kappa shape index (κ3) is 2.63. The Bertz CT molecular complexity index is 758. The van der Waals surface area contributed by atoms with E-state index in [1.54, 1.807) is 0 Å². The zero-order valence-electron chi connectivity index (χ0n) is 10.0. The summed E-state index contributed by atoms with van der Waals surface area (Å²) in [5.74, 6) is 0.291. The molecule has 1 aromatic carbocycles. The molecule has 102 valence electrons. The van der Waals surface area contributed by atoms with Crippen molar-refractivity contribution in [2.45, 2.75) is 6.42 Å². The molecular formula is C12H8ClFN4OS. The lowest BCUT2D eigenvalue weighted by Crippen LogP contribution is -1.90. The molecule has 0 radical (unpaired) electrons. The van der Waals surface area contributed by atoms with Crippen LogP contribution in [0, 0.1) is 5.82 Å². The SMILES string of the molecule is Nc1nc(Cc2nc(-c3ccc(F)cc3Cl)no2)cs1. The number of halogens is 2. The first-order valence-corrected chi connectivity index (χ1v) is 6.85. The van der Waals surface area contributed by atoms with E-state index in [-0.39, 0.29) is 5.02 Å². The van der Waals surface area contributed by atoms with Gasteiger partial charge >= 0.3 is 0 Å². The minimum Gasteiger partial charge on any atom is -0.375 e. The number of hydrogen-bond acceptors (Lipinski definition) is 6. The molecule has 8 heteroatoms. The van der Waals surface area contributed by atoms with Crippen LogP contribution in [0.4, 0.5) is 9.52 Å². The van der Waals surface area contributed by atoms with Gasteiger partial charge in [-0.05, 0) is 18.2 Å². The number of nitrogens with two attached hydrogens (primary N) is 1. The Hall–Kier alpha value is -1.99. The Labute approximate surface area is 122 Å². The van der Waals surface area contributed by atoms with Crippen molar-refractivity contribution in [1.29, 1.82) is 0 Å². The molecule has 0 aliphatic rings. The van der Waals surface area contributed by atoms with Gasteiger partial charge in [0.15, 0.2) is 5.13 Å². The van der Waals surface area contributed by atoms with Gasteiger partial charge in [0.2, 0.25) is 11.7 Å². The van der Waals surface area contributed by atoms with Gasteiger partial charge in [-0.25, -0.2) is 9.37 Å². The third-order valence-electron chi connectivity index (χ3n) is 2.54. The number of anilines is 1. The second-order valence-electron chi connectivity index (χ2n) is 3.99. The van der Waals surface area contributed by atoms with Gasteiger partial charge in [-0.2, -0.15) is 4.98 Å². The highest BCUT2D eigenvalue weighted by Crippen LogP contribution is 2.26. The molecule has 5 nitrogen and oxygen atoms in total. The summed E-state index contributed by atoms with van der Waals surface area (Å²) in [6, 6.07) is 4.00. The Kier molecular flexibility index (Phi) is 3.37. The Balaban J connectivity index is 1.86. The lowest BCUT2D eigenvalue weighted by atomic mass is 10.2. The first kappa shape index (κ1) is 13.0. The maximum atomic E-state index is 13.0. The zero-order valence-corrected chi connectivity index (χ0v) is 11.6. The summed E-state index contributed by atoms with van der Waals surface area (Å²) in [5, 5.41) is 6.37. The molecule has 0 spiro atoms. The predicted molar refractivity (Wildman–Crippen MR) is 74.0 cm³/mol. The van der Waals surface area contributed by atoms with Gasteiger partial charge in [-0.15, -0.1) is 11.3 Å². The van der Waals surface area contributed by atoms with Gasteiger partial charge < -0.3 is 10.3 Å². The largest absolute Gasteiger partial charge is 0.375 e. The molecule has 20 heavy (non-hydrogen) atoms. The molecular weight excluding hydrogens is 303 g/mol. The lowest BCUT2D eigenvalue weighted by molar-refractivity contribution is 0.385. The van der Waals surface area contributed by atoms with Crippen molar-refractivity contribution < 1.29 is 8.91 Å². The number of hydrogen-bond donors (Lipinski definition) is 1. The average Bonchev–Trinajstić information content (AvgIpc) is 2.99. The molecule has 0 bridgehead atoms. The van der Waals surface area contributed by atoms with E-state index in [0.29, 0.717) is 28.8 Å². The molecule has 0 unspecified atom stereocenters. The molecule has 2 N–H and O–H groups in total. The van der Waals surface area contributed by atoms with Crippen LogP contribution in [0.5, 0.6) is 0 Å². The molecule has 2 aromatic heterocycles. The van der Waals surface area contributed by atoms with Crippen LogP contribution in [0.2, 0.25) is 5.02 Å². The van der Waals surface area contributed by atoms with Crippen molar-refractivity contribution in [1.82, 2.24) is 15.1 Å². The number of nitrogens with zero attached hydrogens (tertiary/aromatic N) is 3. The Morgan fingerprint density at radius 1 is 1.35 bits per heavy atom. The van der Waals surface area contributed by atoms with E-state index in [9.17, 15) is 4.39 Å². The van der Waals surface area contributed by atoms with Crippen molar-refractivity contribution in [2.24, 2.45) is 0 Å². The first-order chi connectivity index (χ1) is 9.61. The van der Waals surface area contributed by atoms with E-state index in [1.165, 1.54) is 29.5 Å². The quantitative estimate of drug-likeness (QED) is 0.804. The topological polar surface area (TPSA) is 77.8 Å². The van der Waals surface area contributed by atoms with Gasteiger partial charge in [0.25, 0.3) is 0 Å². The highest BCUT2D eigenvalue weighted by atomic mass is 35.5. The molecule has 0 amide bonds. The van der Waals surface area contributed by atoms with Crippen LogP contribution in [-0.2, 0) is 6.42 Å². The molecule has 0 aliphatic carbocycles.